The zero-order chi connectivity index (χ0) is 15.4. The first kappa shape index (κ1) is 15.1. The van der Waals surface area contributed by atoms with E-state index in [2.05, 4.69) is 10.1 Å². The quantitative estimate of drug-likeness (QED) is 0.875. The van der Waals surface area contributed by atoms with Gasteiger partial charge >= 0.3 is 5.97 Å². The maximum atomic E-state index is 11.0. The van der Waals surface area contributed by atoms with Crippen molar-refractivity contribution >= 4 is 17.6 Å². The van der Waals surface area contributed by atoms with Crippen LogP contribution in [0.15, 0.2) is 16.7 Å². The van der Waals surface area contributed by atoms with Crippen LogP contribution in [0.1, 0.15) is 29.0 Å². The van der Waals surface area contributed by atoms with Gasteiger partial charge in [0, 0.05) is 6.42 Å². The lowest BCUT2D eigenvalue weighted by Crippen LogP contribution is -2.03. The molecular weight excluding hydrogens is 300 g/mol. The van der Waals surface area contributed by atoms with Crippen LogP contribution < -0.4 is 9.47 Å². The zero-order valence-electron chi connectivity index (χ0n) is 11.4. The fourth-order valence-corrected chi connectivity index (χ4v) is 1.88. The van der Waals surface area contributed by atoms with E-state index < -0.39 is 5.97 Å². The van der Waals surface area contributed by atoms with Crippen molar-refractivity contribution in [2.75, 3.05) is 7.11 Å². The Labute approximate surface area is 125 Å². The van der Waals surface area contributed by atoms with E-state index in [0.29, 0.717) is 18.1 Å². The Bertz CT molecular complexity index is 656. The Balaban J connectivity index is 2.20. The molecule has 0 unspecified atom stereocenters. The summed E-state index contributed by atoms with van der Waals surface area (Å²) in [5, 5.41) is 12.8. The van der Waals surface area contributed by atoms with E-state index in [-0.39, 0.29) is 28.7 Å². The van der Waals surface area contributed by atoms with Crippen molar-refractivity contribution < 1.29 is 23.9 Å². The molecule has 0 aliphatic carbocycles. The molecule has 0 spiro atoms. The van der Waals surface area contributed by atoms with E-state index in [9.17, 15) is 4.79 Å². The number of hydrogen-bond acceptors (Lipinski definition) is 6. The molecule has 8 heteroatoms. The minimum Gasteiger partial charge on any atom is -0.493 e. The summed E-state index contributed by atoms with van der Waals surface area (Å²) in [7, 11) is 1.40. The van der Waals surface area contributed by atoms with Gasteiger partial charge in [-0.05, 0) is 12.1 Å². The zero-order valence-corrected chi connectivity index (χ0v) is 12.2. The third-order valence-corrected chi connectivity index (χ3v) is 2.92. The fraction of sp³-hybridized carbons (Fsp3) is 0.308. The van der Waals surface area contributed by atoms with Crippen LogP contribution in [0, 0.1) is 0 Å². The highest BCUT2D eigenvalue weighted by Crippen LogP contribution is 2.36. The number of carbonyl (C=O) groups is 1. The lowest BCUT2D eigenvalue weighted by Gasteiger charge is -2.11. The summed E-state index contributed by atoms with van der Waals surface area (Å²) < 4.78 is 15.6. The molecule has 0 saturated carbocycles. The number of aromatic carboxylic acids is 1. The van der Waals surface area contributed by atoms with Gasteiger partial charge in [-0.25, -0.2) is 4.79 Å². The molecule has 0 radical (unpaired) electrons. The monoisotopic (exact) mass is 312 g/mol. The molecule has 0 fully saturated rings. The van der Waals surface area contributed by atoms with Crippen LogP contribution in [0.5, 0.6) is 11.5 Å². The van der Waals surface area contributed by atoms with Crippen LogP contribution in [0.25, 0.3) is 0 Å². The highest BCUT2D eigenvalue weighted by Gasteiger charge is 2.16. The number of aryl methyl sites for hydroxylation is 1. The maximum absolute atomic E-state index is 11.0. The Morgan fingerprint density at radius 1 is 1.48 bits per heavy atom. The molecule has 0 bridgehead atoms. The molecular formula is C13H13ClN2O5. The summed E-state index contributed by atoms with van der Waals surface area (Å²) in [6.07, 6.45) is 0.629. The summed E-state index contributed by atoms with van der Waals surface area (Å²) in [6.45, 7) is 1.93. The second-order valence-corrected chi connectivity index (χ2v) is 4.45. The molecule has 1 heterocycles. The average Bonchev–Trinajstić information content (AvgIpc) is 2.93. The molecule has 1 aromatic carbocycles. The first-order valence-electron chi connectivity index (χ1n) is 6.10. The van der Waals surface area contributed by atoms with Crippen LogP contribution in [0.4, 0.5) is 0 Å². The van der Waals surface area contributed by atoms with Crippen molar-refractivity contribution in [1.29, 1.82) is 0 Å². The SMILES string of the molecule is CCc1nc(COc2c(Cl)cc(C(=O)O)cc2OC)no1. The van der Waals surface area contributed by atoms with Gasteiger partial charge in [-0.2, -0.15) is 4.98 Å². The minimum absolute atomic E-state index is 0.0111. The molecule has 112 valence electrons. The van der Waals surface area contributed by atoms with E-state index >= 15 is 0 Å². The van der Waals surface area contributed by atoms with Gasteiger partial charge in [0.05, 0.1) is 17.7 Å². The molecule has 1 aromatic heterocycles. The van der Waals surface area contributed by atoms with Gasteiger partial charge in [0.1, 0.15) is 0 Å². The summed E-state index contributed by atoms with van der Waals surface area (Å²) in [6, 6.07) is 2.62. The molecule has 0 amide bonds. The largest absolute Gasteiger partial charge is 0.493 e. The van der Waals surface area contributed by atoms with Gasteiger partial charge in [0.2, 0.25) is 11.7 Å². The normalized spacial score (nSPS) is 10.4. The summed E-state index contributed by atoms with van der Waals surface area (Å²) in [4.78, 5) is 15.1. The van der Waals surface area contributed by atoms with Crippen LogP contribution in [0.2, 0.25) is 5.02 Å². The van der Waals surface area contributed by atoms with E-state index in [1.807, 2.05) is 6.92 Å². The number of carboxylic acid groups (broad SMARTS) is 1. The van der Waals surface area contributed by atoms with Crippen molar-refractivity contribution in [2.24, 2.45) is 0 Å². The summed E-state index contributed by atoms with van der Waals surface area (Å²) in [5.41, 5.74) is 0.0111. The second kappa shape index (κ2) is 6.45. The highest BCUT2D eigenvalue weighted by molar-refractivity contribution is 6.32. The maximum Gasteiger partial charge on any atom is 0.335 e. The van der Waals surface area contributed by atoms with Crippen LogP contribution >= 0.6 is 11.6 Å². The van der Waals surface area contributed by atoms with Crippen LogP contribution in [0.3, 0.4) is 0 Å². The lowest BCUT2D eigenvalue weighted by atomic mass is 10.2. The van der Waals surface area contributed by atoms with Crippen LogP contribution in [-0.2, 0) is 13.0 Å². The average molecular weight is 313 g/mol. The Morgan fingerprint density at radius 3 is 2.81 bits per heavy atom. The van der Waals surface area contributed by atoms with Gasteiger partial charge < -0.3 is 19.1 Å². The molecule has 0 saturated heterocycles. The molecule has 0 atom stereocenters. The van der Waals surface area contributed by atoms with Gasteiger partial charge in [-0.1, -0.05) is 23.7 Å². The van der Waals surface area contributed by atoms with Crippen molar-refractivity contribution in [2.45, 2.75) is 20.0 Å². The molecule has 0 aliphatic heterocycles. The second-order valence-electron chi connectivity index (χ2n) is 4.04. The number of rotatable bonds is 6. The van der Waals surface area contributed by atoms with E-state index in [4.69, 9.17) is 30.7 Å². The topological polar surface area (TPSA) is 94.7 Å². The number of benzene rings is 1. The third kappa shape index (κ3) is 3.43. The fourth-order valence-electron chi connectivity index (χ4n) is 1.61. The molecule has 2 aromatic rings. The van der Waals surface area contributed by atoms with E-state index in [1.165, 1.54) is 19.2 Å². The number of aromatic nitrogens is 2. The Kier molecular flexibility index (Phi) is 4.64. The third-order valence-electron chi connectivity index (χ3n) is 2.63. The lowest BCUT2D eigenvalue weighted by molar-refractivity contribution is 0.0696. The molecule has 0 aliphatic rings. The van der Waals surface area contributed by atoms with Crippen molar-refractivity contribution in [3.63, 3.8) is 0 Å². The summed E-state index contributed by atoms with van der Waals surface area (Å²) >= 11 is 6.02. The first-order chi connectivity index (χ1) is 10.0. The number of carboxylic acids is 1. The van der Waals surface area contributed by atoms with Gasteiger partial charge in [0.25, 0.3) is 0 Å². The smallest absolute Gasteiger partial charge is 0.335 e. The number of methoxy groups -OCH3 is 1. The Morgan fingerprint density at radius 2 is 2.24 bits per heavy atom. The van der Waals surface area contributed by atoms with Crippen molar-refractivity contribution in [3.8, 4) is 11.5 Å². The van der Waals surface area contributed by atoms with Gasteiger partial charge in [-0.3, -0.25) is 0 Å². The number of halogens is 1. The summed E-state index contributed by atoms with van der Waals surface area (Å²) in [5.74, 6) is 0.221. The predicted octanol–water partition coefficient (Wildman–Crippen LogP) is 2.57. The molecule has 21 heavy (non-hydrogen) atoms. The van der Waals surface area contributed by atoms with Crippen LogP contribution in [-0.4, -0.2) is 28.3 Å². The Hall–Kier alpha value is -2.28. The van der Waals surface area contributed by atoms with Gasteiger partial charge in [0.15, 0.2) is 18.1 Å². The molecule has 1 N–H and O–H groups in total. The van der Waals surface area contributed by atoms with E-state index in [0.717, 1.165) is 0 Å². The number of hydrogen-bond donors (Lipinski definition) is 1. The van der Waals surface area contributed by atoms with Crippen molar-refractivity contribution in [1.82, 2.24) is 10.1 Å². The predicted molar refractivity (Wildman–Crippen MR) is 73.0 cm³/mol. The standard InChI is InChI=1S/C13H13ClN2O5/c1-3-11-15-10(16-21-11)6-20-12-8(14)4-7(13(17)18)5-9(12)19-2/h4-5H,3,6H2,1-2H3,(H,17,18). The van der Waals surface area contributed by atoms with Crippen molar-refractivity contribution in [3.05, 3.63) is 34.4 Å². The first-order valence-corrected chi connectivity index (χ1v) is 6.48. The number of nitrogens with zero attached hydrogens (tertiary/aromatic N) is 2. The highest BCUT2D eigenvalue weighted by atomic mass is 35.5. The minimum atomic E-state index is -1.10. The number of ether oxygens (including phenoxy) is 2. The molecule has 7 nitrogen and oxygen atoms in total. The molecule has 2 rings (SSSR count). The van der Waals surface area contributed by atoms with E-state index in [1.54, 1.807) is 0 Å². The van der Waals surface area contributed by atoms with Gasteiger partial charge in [-0.15, -0.1) is 0 Å².